The van der Waals surface area contributed by atoms with E-state index in [4.69, 9.17) is 9.05 Å². The Bertz CT molecular complexity index is 310. The Morgan fingerprint density at radius 1 is 1.00 bits per heavy atom. The Labute approximate surface area is 123 Å². The third kappa shape index (κ3) is 5.67. The molecular weight excluding hydrogens is 275 g/mol. The molecule has 5 heteroatoms. The van der Waals surface area contributed by atoms with Crippen molar-refractivity contribution in [3.05, 3.63) is 0 Å². The summed E-state index contributed by atoms with van der Waals surface area (Å²) < 4.78 is 23.6. The van der Waals surface area contributed by atoms with Gasteiger partial charge < -0.3 is 9.05 Å². The van der Waals surface area contributed by atoms with Crippen LogP contribution in [0.1, 0.15) is 71.6 Å². The van der Waals surface area contributed by atoms with E-state index < -0.39 is 7.60 Å². The molecule has 0 bridgehead atoms. The first kappa shape index (κ1) is 17.9. The van der Waals surface area contributed by atoms with Gasteiger partial charge in [-0.25, -0.2) is 0 Å². The molecule has 0 aromatic carbocycles. The highest BCUT2D eigenvalue weighted by Crippen LogP contribution is 2.53. The fraction of sp³-hybridized carbons (Fsp3) is 0.933. The minimum absolute atomic E-state index is 0.127. The largest absolute Gasteiger partial charge is 0.396 e. The average Bonchev–Trinajstić information content (AvgIpc) is 2.48. The van der Waals surface area contributed by atoms with Crippen molar-refractivity contribution in [2.75, 3.05) is 13.2 Å². The smallest absolute Gasteiger partial charge is 0.303 e. The molecule has 0 spiro atoms. The highest BCUT2D eigenvalue weighted by Gasteiger charge is 2.40. The molecule has 20 heavy (non-hydrogen) atoms. The van der Waals surface area contributed by atoms with E-state index in [9.17, 15) is 9.36 Å². The lowest BCUT2D eigenvalue weighted by Crippen LogP contribution is -2.20. The molecule has 0 amide bonds. The molecule has 0 aromatic rings. The van der Waals surface area contributed by atoms with Crippen molar-refractivity contribution in [3.63, 3.8) is 0 Å². The fourth-order valence-corrected chi connectivity index (χ4v) is 4.17. The monoisotopic (exact) mass is 304 g/mol. The summed E-state index contributed by atoms with van der Waals surface area (Å²) >= 11 is 0. The second-order valence-electron chi connectivity index (χ2n) is 5.54. The Hall–Kier alpha value is -0.180. The Morgan fingerprint density at radius 3 is 1.95 bits per heavy atom. The summed E-state index contributed by atoms with van der Waals surface area (Å²) in [6, 6.07) is 0. The summed E-state index contributed by atoms with van der Waals surface area (Å²) in [4.78, 5) is 12.5. The van der Waals surface area contributed by atoms with Crippen molar-refractivity contribution < 1.29 is 18.4 Å². The second-order valence-corrected chi connectivity index (χ2v) is 7.50. The minimum atomic E-state index is -3.58. The van der Waals surface area contributed by atoms with E-state index in [2.05, 4.69) is 0 Å². The van der Waals surface area contributed by atoms with Crippen LogP contribution in [0.3, 0.4) is 0 Å². The van der Waals surface area contributed by atoms with Crippen LogP contribution in [-0.4, -0.2) is 18.7 Å². The first-order valence-corrected chi connectivity index (χ1v) is 9.61. The summed E-state index contributed by atoms with van der Waals surface area (Å²) in [5.74, 6) is -0.127. The van der Waals surface area contributed by atoms with Gasteiger partial charge in [0, 0.05) is 5.92 Å². The zero-order chi connectivity index (χ0) is 14.8. The lowest BCUT2D eigenvalue weighted by Gasteiger charge is -2.25. The summed E-state index contributed by atoms with van der Waals surface area (Å²) in [6.45, 7) is 4.76. The minimum Gasteiger partial charge on any atom is -0.303 e. The summed E-state index contributed by atoms with van der Waals surface area (Å²) in [5, 5.41) is 0. The van der Waals surface area contributed by atoms with Crippen molar-refractivity contribution in [1.29, 1.82) is 0 Å². The van der Waals surface area contributed by atoms with Gasteiger partial charge in [-0.05, 0) is 25.7 Å². The summed E-state index contributed by atoms with van der Waals surface area (Å²) in [6.07, 6.45) is 8.42. The molecule has 1 aliphatic carbocycles. The van der Waals surface area contributed by atoms with Gasteiger partial charge in [0.2, 0.25) is 5.52 Å². The predicted octanol–water partition coefficient (Wildman–Crippen LogP) is 4.92. The maximum absolute atomic E-state index is 12.8. The zero-order valence-electron chi connectivity index (χ0n) is 12.9. The molecule has 0 unspecified atom stereocenters. The standard InChI is InChI=1S/C15H29O4P/c1-3-5-12-18-20(17,19-13-6-4-2)15(16)14-10-8-7-9-11-14/h14H,3-13H2,1-2H3. The molecule has 1 saturated carbocycles. The van der Waals surface area contributed by atoms with Gasteiger partial charge in [-0.1, -0.05) is 46.0 Å². The van der Waals surface area contributed by atoms with Crippen molar-refractivity contribution >= 4 is 13.1 Å². The first-order valence-electron chi connectivity index (χ1n) is 8.07. The highest BCUT2D eigenvalue weighted by molar-refractivity contribution is 7.71. The van der Waals surface area contributed by atoms with E-state index in [-0.39, 0.29) is 11.4 Å². The van der Waals surface area contributed by atoms with Crippen molar-refractivity contribution in [1.82, 2.24) is 0 Å². The van der Waals surface area contributed by atoms with Gasteiger partial charge in [-0.2, -0.15) is 0 Å². The summed E-state index contributed by atoms with van der Waals surface area (Å²) in [5.41, 5.74) is -0.274. The quantitative estimate of drug-likeness (QED) is 0.424. The van der Waals surface area contributed by atoms with Gasteiger partial charge >= 0.3 is 7.60 Å². The van der Waals surface area contributed by atoms with Crippen LogP contribution in [0.15, 0.2) is 0 Å². The molecule has 0 saturated heterocycles. The normalized spacial score (nSPS) is 17.3. The Kier molecular flexibility index (Phi) is 8.67. The van der Waals surface area contributed by atoms with Crippen LogP contribution in [0.25, 0.3) is 0 Å². The van der Waals surface area contributed by atoms with E-state index in [1.807, 2.05) is 13.8 Å². The maximum Gasteiger partial charge on any atom is 0.396 e. The first-order chi connectivity index (χ1) is 9.64. The lowest BCUT2D eigenvalue weighted by molar-refractivity contribution is -0.118. The van der Waals surface area contributed by atoms with Crippen LogP contribution in [0.2, 0.25) is 0 Å². The van der Waals surface area contributed by atoms with Crippen LogP contribution in [0.5, 0.6) is 0 Å². The number of unbranched alkanes of at least 4 members (excludes halogenated alkanes) is 2. The molecule has 0 radical (unpaired) electrons. The van der Waals surface area contributed by atoms with Crippen molar-refractivity contribution in [2.45, 2.75) is 71.6 Å². The zero-order valence-corrected chi connectivity index (χ0v) is 13.8. The van der Waals surface area contributed by atoms with Gasteiger partial charge in [0.1, 0.15) is 0 Å². The van der Waals surface area contributed by atoms with E-state index in [1.165, 1.54) is 6.42 Å². The van der Waals surface area contributed by atoms with Gasteiger partial charge in [0.05, 0.1) is 13.2 Å². The lowest BCUT2D eigenvalue weighted by atomic mass is 9.90. The highest BCUT2D eigenvalue weighted by atomic mass is 31.2. The van der Waals surface area contributed by atoms with Gasteiger partial charge in [0.25, 0.3) is 0 Å². The summed E-state index contributed by atoms with van der Waals surface area (Å²) in [7, 11) is -3.58. The van der Waals surface area contributed by atoms with E-state index >= 15 is 0 Å². The number of rotatable bonds is 10. The molecular formula is C15H29O4P. The maximum atomic E-state index is 12.8. The average molecular weight is 304 g/mol. The molecule has 0 atom stereocenters. The molecule has 0 N–H and O–H groups in total. The predicted molar refractivity (Wildman–Crippen MR) is 80.9 cm³/mol. The van der Waals surface area contributed by atoms with Crippen LogP contribution < -0.4 is 0 Å². The molecule has 0 heterocycles. The molecule has 118 valence electrons. The third-order valence-electron chi connectivity index (χ3n) is 3.74. The number of hydrogen-bond acceptors (Lipinski definition) is 4. The Balaban J connectivity index is 2.62. The van der Waals surface area contributed by atoms with Gasteiger partial charge in [-0.15, -0.1) is 0 Å². The number of carbonyl (C=O) groups is 1. The molecule has 0 aromatic heterocycles. The molecule has 1 rings (SSSR count). The SMILES string of the molecule is CCCCOP(=O)(OCCCC)C(=O)C1CCCCC1. The number of hydrogen-bond donors (Lipinski definition) is 0. The van der Waals surface area contributed by atoms with E-state index in [1.54, 1.807) is 0 Å². The van der Waals surface area contributed by atoms with E-state index in [0.29, 0.717) is 13.2 Å². The van der Waals surface area contributed by atoms with Gasteiger partial charge in [-0.3, -0.25) is 9.36 Å². The molecule has 1 aliphatic rings. The van der Waals surface area contributed by atoms with Crippen LogP contribution in [0.4, 0.5) is 0 Å². The van der Waals surface area contributed by atoms with Crippen LogP contribution in [0, 0.1) is 5.92 Å². The van der Waals surface area contributed by atoms with Crippen molar-refractivity contribution in [3.8, 4) is 0 Å². The topological polar surface area (TPSA) is 52.6 Å². The van der Waals surface area contributed by atoms with Crippen LogP contribution >= 0.6 is 7.60 Å². The molecule has 0 aliphatic heterocycles. The fourth-order valence-electron chi connectivity index (χ4n) is 2.40. The van der Waals surface area contributed by atoms with E-state index in [0.717, 1.165) is 51.4 Å². The van der Waals surface area contributed by atoms with Gasteiger partial charge in [0.15, 0.2) is 0 Å². The third-order valence-corrected chi connectivity index (χ3v) is 5.69. The second kappa shape index (κ2) is 9.70. The number of carbonyl (C=O) groups excluding carboxylic acids is 1. The Morgan fingerprint density at radius 2 is 1.50 bits per heavy atom. The molecule has 1 fully saturated rings. The van der Waals surface area contributed by atoms with Crippen molar-refractivity contribution in [2.24, 2.45) is 5.92 Å². The molecule has 4 nitrogen and oxygen atoms in total. The van der Waals surface area contributed by atoms with Crippen LogP contribution in [-0.2, 0) is 18.4 Å².